The molecule has 0 aliphatic heterocycles. The summed E-state index contributed by atoms with van der Waals surface area (Å²) in [6.45, 7) is 2.95. The van der Waals surface area contributed by atoms with E-state index in [1.54, 1.807) is 30.8 Å². The fourth-order valence-corrected chi connectivity index (χ4v) is 2.84. The van der Waals surface area contributed by atoms with Crippen molar-refractivity contribution >= 4 is 17.7 Å². The second-order valence-electron chi connectivity index (χ2n) is 4.77. The van der Waals surface area contributed by atoms with Crippen LogP contribution in [0.5, 0.6) is 5.75 Å². The lowest BCUT2D eigenvalue weighted by Crippen LogP contribution is -2.30. The molecule has 0 fully saturated rings. The number of nitrogens with zero attached hydrogens (tertiary/aromatic N) is 1. The highest BCUT2D eigenvalue weighted by molar-refractivity contribution is 7.99. The smallest absolute Gasteiger partial charge is 0.219 e. The minimum atomic E-state index is 0.0881. The highest BCUT2D eigenvalue weighted by atomic mass is 32.2. The summed E-state index contributed by atoms with van der Waals surface area (Å²) in [6, 6.07) is 17.1. The predicted octanol–water partition coefficient (Wildman–Crippen LogP) is 3.53. The highest BCUT2D eigenvalue weighted by Crippen LogP contribution is 2.20. The first-order chi connectivity index (χ1) is 10.1. The van der Waals surface area contributed by atoms with E-state index >= 15 is 0 Å². The lowest BCUT2D eigenvalue weighted by atomic mass is 10.2. The molecule has 2 rings (SSSR count). The normalized spacial score (nSPS) is 10.3. The van der Waals surface area contributed by atoms with Crippen molar-refractivity contribution in [2.45, 2.75) is 18.4 Å². The zero-order valence-corrected chi connectivity index (χ0v) is 12.8. The van der Waals surface area contributed by atoms with Crippen LogP contribution in [-0.4, -0.2) is 28.2 Å². The Hall–Kier alpha value is -1.94. The van der Waals surface area contributed by atoms with Gasteiger partial charge in [-0.1, -0.05) is 30.3 Å². The maximum Gasteiger partial charge on any atom is 0.219 e. The molecule has 0 aliphatic rings. The van der Waals surface area contributed by atoms with Gasteiger partial charge in [0.25, 0.3) is 0 Å². The zero-order valence-electron chi connectivity index (χ0n) is 12.0. The molecule has 0 unspecified atom stereocenters. The SMILES string of the molecule is CC(=O)N(CCSc1ccc(O)cc1)Cc1ccccc1. The average Bonchev–Trinajstić information content (AvgIpc) is 2.49. The topological polar surface area (TPSA) is 40.5 Å². The van der Waals surface area contributed by atoms with E-state index < -0.39 is 0 Å². The van der Waals surface area contributed by atoms with E-state index in [1.807, 2.05) is 47.4 Å². The maximum absolute atomic E-state index is 11.7. The summed E-state index contributed by atoms with van der Waals surface area (Å²) in [7, 11) is 0. The summed E-state index contributed by atoms with van der Waals surface area (Å²) in [4.78, 5) is 14.7. The van der Waals surface area contributed by atoms with Crippen molar-refractivity contribution in [1.82, 2.24) is 4.90 Å². The number of carbonyl (C=O) groups is 1. The Labute approximate surface area is 129 Å². The van der Waals surface area contributed by atoms with Gasteiger partial charge in [-0.25, -0.2) is 0 Å². The Morgan fingerprint density at radius 1 is 1.10 bits per heavy atom. The molecule has 0 bridgehead atoms. The van der Waals surface area contributed by atoms with Crippen molar-refractivity contribution in [3.63, 3.8) is 0 Å². The molecule has 0 heterocycles. The molecule has 0 radical (unpaired) electrons. The van der Waals surface area contributed by atoms with Gasteiger partial charge in [0.05, 0.1) is 0 Å². The van der Waals surface area contributed by atoms with Gasteiger partial charge >= 0.3 is 0 Å². The molecule has 0 saturated heterocycles. The first-order valence-electron chi connectivity index (χ1n) is 6.86. The first-order valence-corrected chi connectivity index (χ1v) is 7.85. The lowest BCUT2D eigenvalue weighted by Gasteiger charge is -2.21. The predicted molar refractivity (Wildman–Crippen MR) is 86.4 cm³/mol. The van der Waals surface area contributed by atoms with Gasteiger partial charge in [-0.2, -0.15) is 0 Å². The third kappa shape index (κ3) is 5.16. The molecule has 1 amide bonds. The maximum atomic E-state index is 11.7. The number of phenols is 1. The summed E-state index contributed by atoms with van der Waals surface area (Å²) < 4.78 is 0. The van der Waals surface area contributed by atoms with E-state index in [9.17, 15) is 9.90 Å². The number of hydrogen-bond donors (Lipinski definition) is 1. The van der Waals surface area contributed by atoms with Gasteiger partial charge in [0, 0.05) is 30.7 Å². The third-order valence-electron chi connectivity index (χ3n) is 3.13. The number of phenolic OH excluding ortho intramolecular Hbond substituents is 1. The van der Waals surface area contributed by atoms with Crippen LogP contribution in [0.4, 0.5) is 0 Å². The average molecular weight is 301 g/mol. The van der Waals surface area contributed by atoms with E-state index in [0.717, 1.165) is 16.2 Å². The Balaban J connectivity index is 1.86. The molecule has 4 heteroatoms. The van der Waals surface area contributed by atoms with Gasteiger partial charge in [0.15, 0.2) is 0 Å². The molecule has 2 aromatic carbocycles. The van der Waals surface area contributed by atoms with Crippen LogP contribution in [0.1, 0.15) is 12.5 Å². The monoisotopic (exact) mass is 301 g/mol. The molecule has 110 valence electrons. The van der Waals surface area contributed by atoms with Crippen molar-refractivity contribution < 1.29 is 9.90 Å². The fraction of sp³-hybridized carbons (Fsp3) is 0.235. The lowest BCUT2D eigenvalue weighted by molar-refractivity contribution is -0.129. The molecular formula is C17H19NO2S. The number of aromatic hydroxyl groups is 1. The van der Waals surface area contributed by atoms with Gasteiger partial charge < -0.3 is 10.0 Å². The largest absolute Gasteiger partial charge is 0.508 e. The second kappa shape index (κ2) is 7.74. The minimum absolute atomic E-state index is 0.0881. The molecule has 0 aliphatic carbocycles. The Bertz CT molecular complexity index is 569. The number of benzene rings is 2. The molecule has 0 spiro atoms. The van der Waals surface area contributed by atoms with Gasteiger partial charge in [0.1, 0.15) is 5.75 Å². The molecule has 0 atom stereocenters. The third-order valence-corrected chi connectivity index (χ3v) is 4.12. The Morgan fingerprint density at radius 3 is 2.38 bits per heavy atom. The summed E-state index contributed by atoms with van der Waals surface area (Å²) in [5.74, 6) is 1.19. The fourth-order valence-electron chi connectivity index (χ4n) is 1.97. The quantitative estimate of drug-likeness (QED) is 0.830. The Kier molecular flexibility index (Phi) is 5.69. The minimum Gasteiger partial charge on any atom is -0.508 e. The van der Waals surface area contributed by atoms with Crippen molar-refractivity contribution in [3.8, 4) is 5.75 Å². The van der Waals surface area contributed by atoms with Gasteiger partial charge in [0.2, 0.25) is 5.91 Å². The molecule has 2 aromatic rings. The van der Waals surface area contributed by atoms with Crippen LogP contribution >= 0.6 is 11.8 Å². The Morgan fingerprint density at radius 2 is 1.76 bits per heavy atom. The summed E-state index contributed by atoms with van der Waals surface area (Å²) in [5.41, 5.74) is 1.14. The van der Waals surface area contributed by atoms with Crippen LogP contribution in [0, 0.1) is 0 Å². The molecule has 21 heavy (non-hydrogen) atoms. The van der Waals surface area contributed by atoms with E-state index in [1.165, 1.54) is 0 Å². The summed E-state index contributed by atoms with van der Waals surface area (Å²) in [5, 5.41) is 9.25. The number of rotatable bonds is 6. The molecule has 1 N–H and O–H groups in total. The van der Waals surface area contributed by atoms with Crippen molar-refractivity contribution in [3.05, 3.63) is 60.2 Å². The number of amides is 1. The van der Waals surface area contributed by atoms with Gasteiger partial charge in [-0.05, 0) is 29.8 Å². The zero-order chi connectivity index (χ0) is 15.1. The molecule has 3 nitrogen and oxygen atoms in total. The second-order valence-corrected chi connectivity index (χ2v) is 5.94. The summed E-state index contributed by atoms with van der Waals surface area (Å²) >= 11 is 1.68. The summed E-state index contributed by atoms with van der Waals surface area (Å²) in [6.07, 6.45) is 0. The first kappa shape index (κ1) is 15.4. The van der Waals surface area contributed by atoms with E-state index in [0.29, 0.717) is 13.1 Å². The van der Waals surface area contributed by atoms with Crippen LogP contribution < -0.4 is 0 Å². The van der Waals surface area contributed by atoms with Crippen LogP contribution in [0.2, 0.25) is 0 Å². The van der Waals surface area contributed by atoms with Crippen molar-refractivity contribution in [2.75, 3.05) is 12.3 Å². The molecule has 0 aromatic heterocycles. The van der Waals surface area contributed by atoms with Gasteiger partial charge in [-0.3, -0.25) is 4.79 Å². The standard InChI is InChI=1S/C17H19NO2S/c1-14(19)18(13-15-5-3-2-4-6-15)11-12-21-17-9-7-16(20)8-10-17/h2-10,20H,11-13H2,1H3. The van der Waals surface area contributed by atoms with E-state index in [2.05, 4.69) is 0 Å². The van der Waals surface area contributed by atoms with Crippen LogP contribution in [0.25, 0.3) is 0 Å². The van der Waals surface area contributed by atoms with Crippen LogP contribution in [-0.2, 0) is 11.3 Å². The van der Waals surface area contributed by atoms with E-state index in [4.69, 9.17) is 0 Å². The molecule has 0 saturated carbocycles. The van der Waals surface area contributed by atoms with Gasteiger partial charge in [-0.15, -0.1) is 11.8 Å². The molecular weight excluding hydrogens is 282 g/mol. The van der Waals surface area contributed by atoms with E-state index in [-0.39, 0.29) is 11.7 Å². The highest BCUT2D eigenvalue weighted by Gasteiger charge is 2.09. The number of thioether (sulfide) groups is 1. The van der Waals surface area contributed by atoms with Crippen LogP contribution in [0.3, 0.4) is 0 Å². The number of carbonyl (C=O) groups excluding carboxylic acids is 1. The number of hydrogen-bond acceptors (Lipinski definition) is 3. The van der Waals surface area contributed by atoms with Crippen molar-refractivity contribution in [2.24, 2.45) is 0 Å². The van der Waals surface area contributed by atoms with Crippen molar-refractivity contribution in [1.29, 1.82) is 0 Å². The van der Waals surface area contributed by atoms with Crippen LogP contribution in [0.15, 0.2) is 59.5 Å².